The molecule has 9 heavy (non-hydrogen) atoms. The molecule has 0 unspecified atom stereocenters. The van der Waals surface area contributed by atoms with Crippen molar-refractivity contribution in [3.05, 3.63) is 35.7 Å². The van der Waals surface area contributed by atoms with Crippen LogP contribution in [-0.4, -0.2) is 4.98 Å². The van der Waals surface area contributed by atoms with E-state index >= 15 is 0 Å². The summed E-state index contributed by atoms with van der Waals surface area (Å²) in [4.78, 5) is 4.01. The van der Waals surface area contributed by atoms with E-state index in [-0.39, 0.29) is 0 Å². The van der Waals surface area contributed by atoms with Crippen LogP contribution in [0, 0.1) is 0 Å². The third-order valence-corrected chi connectivity index (χ3v) is 1.58. The number of nitrogens with zero attached hydrogens (tertiary/aromatic N) is 1. The summed E-state index contributed by atoms with van der Waals surface area (Å²) in [6.07, 6.45) is 9.09. The summed E-state index contributed by atoms with van der Waals surface area (Å²) in [6.45, 7) is 0. The van der Waals surface area contributed by atoms with E-state index in [2.05, 4.69) is 23.2 Å². The molecule has 1 aromatic rings. The van der Waals surface area contributed by atoms with Crippen molar-refractivity contribution < 1.29 is 0 Å². The van der Waals surface area contributed by atoms with Gasteiger partial charge in [-0.3, -0.25) is 4.98 Å². The van der Waals surface area contributed by atoms with Crippen molar-refractivity contribution >= 4 is 6.08 Å². The average Bonchev–Trinajstić information content (AvgIpc) is 2.33. The molecule has 2 rings (SSSR count). The minimum absolute atomic E-state index is 1.08. The van der Waals surface area contributed by atoms with Crippen LogP contribution < -0.4 is 0 Å². The molecule has 1 aliphatic carbocycles. The fourth-order valence-electron chi connectivity index (χ4n) is 1.08. The van der Waals surface area contributed by atoms with Crippen molar-refractivity contribution in [3.63, 3.8) is 0 Å². The maximum atomic E-state index is 4.01. The number of hydrogen-bond donors (Lipinski definition) is 0. The molecule has 0 aromatic carbocycles. The van der Waals surface area contributed by atoms with E-state index in [9.17, 15) is 0 Å². The Bertz CT molecular complexity index is 250. The van der Waals surface area contributed by atoms with Crippen molar-refractivity contribution in [1.82, 2.24) is 4.98 Å². The first kappa shape index (κ1) is 4.74. The minimum Gasteiger partial charge on any atom is -0.264 e. The molecule has 1 heterocycles. The van der Waals surface area contributed by atoms with Gasteiger partial charge in [0, 0.05) is 12.4 Å². The summed E-state index contributed by atoms with van der Waals surface area (Å²) in [5.41, 5.74) is 2.67. The van der Waals surface area contributed by atoms with E-state index in [4.69, 9.17) is 0 Å². The highest BCUT2D eigenvalue weighted by atomic mass is 14.6. The van der Waals surface area contributed by atoms with Gasteiger partial charge in [0.05, 0.1) is 0 Å². The Morgan fingerprint density at radius 2 is 2.44 bits per heavy atom. The Labute approximate surface area is 54.1 Å². The van der Waals surface area contributed by atoms with E-state index in [0.29, 0.717) is 0 Å². The SMILES string of the molecule is C1=Cc2cnccc2C1. The molecular weight excluding hydrogens is 110 g/mol. The van der Waals surface area contributed by atoms with E-state index in [1.807, 2.05) is 12.4 Å². The van der Waals surface area contributed by atoms with Gasteiger partial charge in [-0.2, -0.15) is 0 Å². The standard InChI is InChI=1S/C8H7N/c1-2-7-4-5-9-6-8(7)3-1/h1,3-6H,2H2. The molecule has 1 nitrogen and oxygen atoms in total. The van der Waals surface area contributed by atoms with Crippen LogP contribution in [0.5, 0.6) is 0 Å². The topological polar surface area (TPSA) is 12.9 Å². The summed E-state index contributed by atoms with van der Waals surface area (Å²) >= 11 is 0. The highest BCUT2D eigenvalue weighted by molar-refractivity contribution is 5.58. The van der Waals surface area contributed by atoms with Gasteiger partial charge in [0.1, 0.15) is 0 Å². The highest BCUT2D eigenvalue weighted by Crippen LogP contribution is 2.16. The van der Waals surface area contributed by atoms with Crippen LogP contribution in [0.2, 0.25) is 0 Å². The quantitative estimate of drug-likeness (QED) is 0.503. The smallest absolute Gasteiger partial charge is 0.0343 e. The predicted molar refractivity (Wildman–Crippen MR) is 37.0 cm³/mol. The molecule has 0 aliphatic heterocycles. The first-order valence-corrected chi connectivity index (χ1v) is 3.06. The van der Waals surface area contributed by atoms with Crippen LogP contribution >= 0.6 is 0 Å². The zero-order valence-electron chi connectivity index (χ0n) is 5.04. The molecule has 1 heteroatoms. The Morgan fingerprint density at radius 3 is 3.33 bits per heavy atom. The van der Waals surface area contributed by atoms with Crippen LogP contribution in [0.4, 0.5) is 0 Å². The minimum atomic E-state index is 1.08. The zero-order valence-corrected chi connectivity index (χ0v) is 5.04. The second kappa shape index (κ2) is 1.69. The summed E-state index contributed by atoms with van der Waals surface area (Å²) < 4.78 is 0. The molecule has 0 N–H and O–H groups in total. The summed E-state index contributed by atoms with van der Waals surface area (Å²) in [6, 6.07) is 2.06. The largest absolute Gasteiger partial charge is 0.264 e. The number of hydrogen-bond acceptors (Lipinski definition) is 1. The number of fused-ring (bicyclic) bond motifs is 1. The molecule has 0 saturated heterocycles. The molecule has 0 spiro atoms. The van der Waals surface area contributed by atoms with Crippen molar-refractivity contribution in [2.75, 3.05) is 0 Å². The van der Waals surface area contributed by atoms with Crippen LogP contribution in [0.15, 0.2) is 24.5 Å². The van der Waals surface area contributed by atoms with Gasteiger partial charge in [-0.05, 0) is 23.6 Å². The second-order valence-electron chi connectivity index (χ2n) is 2.18. The van der Waals surface area contributed by atoms with Crippen molar-refractivity contribution in [1.29, 1.82) is 0 Å². The normalized spacial score (nSPS) is 13.8. The molecule has 0 amide bonds. The molecular formula is C8H7N. The van der Waals surface area contributed by atoms with Crippen molar-refractivity contribution in [2.45, 2.75) is 6.42 Å². The van der Waals surface area contributed by atoms with Crippen molar-refractivity contribution in [2.24, 2.45) is 0 Å². The number of allylic oxidation sites excluding steroid dienone is 1. The third-order valence-electron chi connectivity index (χ3n) is 1.58. The van der Waals surface area contributed by atoms with Gasteiger partial charge in [-0.1, -0.05) is 12.2 Å². The molecule has 1 aliphatic rings. The fourth-order valence-corrected chi connectivity index (χ4v) is 1.08. The summed E-state index contributed by atoms with van der Waals surface area (Å²) in [7, 11) is 0. The van der Waals surface area contributed by atoms with Crippen LogP contribution in [0.25, 0.3) is 6.08 Å². The molecule has 0 bridgehead atoms. The van der Waals surface area contributed by atoms with E-state index in [0.717, 1.165) is 6.42 Å². The van der Waals surface area contributed by atoms with Gasteiger partial charge in [0.15, 0.2) is 0 Å². The fraction of sp³-hybridized carbons (Fsp3) is 0.125. The van der Waals surface area contributed by atoms with Crippen LogP contribution in [0.3, 0.4) is 0 Å². The van der Waals surface area contributed by atoms with Gasteiger partial charge in [0.2, 0.25) is 0 Å². The first-order chi connectivity index (χ1) is 4.47. The Kier molecular flexibility index (Phi) is 0.890. The lowest BCUT2D eigenvalue weighted by molar-refractivity contribution is 1.23. The number of aromatic nitrogens is 1. The summed E-state index contributed by atoms with van der Waals surface area (Å²) in [5.74, 6) is 0. The molecule has 1 aromatic heterocycles. The lowest BCUT2D eigenvalue weighted by Gasteiger charge is -1.92. The number of pyridine rings is 1. The number of rotatable bonds is 0. The molecule has 44 valence electrons. The van der Waals surface area contributed by atoms with Gasteiger partial charge in [-0.25, -0.2) is 0 Å². The Balaban J connectivity index is 2.63. The van der Waals surface area contributed by atoms with Gasteiger partial charge < -0.3 is 0 Å². The van der Waals surface area contributed by atoms with Crippen LogP contribution in [-0.2, 0) is 6.42 Å². The van der Waals surface area contributed by atoms with Crippen molar-refractivity contribution in [3.8, 4) is 0 Å². The molecule has 0 atom stereocenters. The Hall–Kier alpha value is -1.11. The lowest BCUT2D eigenvalue weighted by Crippen LogP contribution is -1.80. The molecule has 0 fully saturated rings. The van der Waals surface area contributed by atoms with Gasteiger partial charge in [-0.15, -0.1) is 0 Å². The monoisotopic (exact) mass is 117 g/mol. The lowest BCUT2D eigenvalue weighted by atomic mass is 10.2. The highest BCUT2D eigenvalue weighted by Gasteiger charge is 2.01. The molecule has 0 saturated carbocycles. The first-order valence-electron chi connectivity index (χ1n) is 3.06. The average molecular weight is 117 g/mol. The second-order valence-corrected chi connectivity index (χ2v) is 2.18. The van der Waals surface area contributed by atoms with Gasteiger partial charge >= 0.3 is 0 Å². The summed E-state index contributed by atoms with van der Waals surface area (Å²) in [5, 5.41) is 0. The van der Waals surface area contributed by atoms with E-state index in [1.54, 1.807) is 0 Å². The zero-order chi connectivity index (χ0) is 6.10. The Morgan fingerprint density at radius 1 is 1.44 bits per heavy atom. The predicted octanol–water partition coefficient (Wildman–Crippen LogP) is 1.65. The van der Waals surface area contributed by atoms with E-state index in [1.165, 1.54) is 11.1 Å². The maximum absolute atomic E-state index is 4.01. The third kappa shape index (κ3) is 0.653. The maximum Gasteiger partial charge on any atom is 0.0343 e. The van der Waals surface area contributed by atoms with E-state index < -0.39 is 0 Å². The van der Waals surface area contributed by atoms with Crippen LogP contribution in [0.1, 0.15) is 11.1 Å². The molecule has 0 radical (unpaired) electrons. The van der Waals surface area contributed by atoms with Gasteiger partial charge in [0.25, 0.3) is 0 Å².